The molecule has 1 aliphatic rings. The molecule has 4 heteroatoms. The van der Waals surface area contributed by atoms with Crippen molar-refractivity contribution in [3.8, 4) is 5.75 Å². The average molecular weight is 259 g/mol. The Labute approximate surface area is 112 Å². The number of aromatic nitrogens is 1. The molecule has 2 heterocycles. The molecule has 0 spiro atoms. The van der Waals surface area contributed by atoms with Gasteiger partial charge >= 0.3 is 0 Å². The number of fused-ring (bicyclic) bond motifs is 1. The van der Waals surface area contributed by atoms with Crippen LogP contribution in [0.2, 0.25) is 0 Å². The van der Waals surface area contributed by atoms with Gasteiger partial charge in [0.15, 0.2) is 0 Å². The summed E-state index contributed by atoms with van der Waals surface area (Å²) in [7, 11) is 0. The van der Waals surface area contributed by atoms with Crippen molar-refractivity contribution in [3.05, 3.63) is 36.5 Å². The van der Waals surface area contributed by atoms with Crippen LogP contribution in [0, 0.1) is 5.92 Å². The number of aliphatic hydroxyl groups is 1. The lowest BCUT2D eigenvalue weighted by molar-refractivity contribution is 0.0504. The molecular weight excluding hydrogens is 242 g/mol. The molecule has 0 radical (unpaired) electrons. The van der Waals surface area contributed by atoms with Crippen LogP contribution in [0.25, 0.3) is 10.9 Å². The molecule has 3 rings (SSSR count). The number of hydrogen-bond acceptors (Lipinski definition) is 4. The van der Waals surface area contributed by atoms with Crippen LogP contribution in [-0.4, -0.2) is 36.0 Å². The van der Waals surface area contributed by atoms with Crippen molar-refractivity contribution >= 4 is 10.9 Å². The quantitative estimate of drug-likeness (QED) is 0.912. The maximum Gasteiger partial charge on any atom is 0.145 e. The molecule has 1 aromatic heterocycles. The summed E-state index contributed by atoms with van der Waals surface area (Å²) in [4.78, 5) is 4.33. The van der Waals surface area contributed by atoms with Crippen LogP contribution < -0.4 is 4.74 Å². The second-order valence-electron chi connectivity index (χ2n) is 4.83. The molecule has 2 aromatic rings. The summed E-state index contributed by atoms with van der Waals surface area (Å²) in [5.74, 6) is 0.902. The fourth-order valence-corrected chi connectivity index (χ4v) is 2.36. The van der Waals surface area contributed by atoms with Crippen LogP contribution in [0.15, 0.2) is 36.5 Å². The fourth-order valence-electron chi connectivity index (χ4n) is 2.36. The van der Waals surface area contributed by atoms with E-state index in [-0.39, 0.29) is 12.5 Å². The number of aliphatic hydroxyl groups excluding tert-OH is 1. The summed E-state index contributed by atoms with van der Waals surface area (Å²) in [6, 6.07) is 9.71. The van der Waals surface area contributed by atoms with Crippen LogP contribution in [0.3, 0.4) is 0 Å². The first-order chi connectivity index (χ1) is 9.34. The highest BCUT2D eigenvalue weighted by molar-refractivity contribution is 5.84. The lowest BCUT2D eigenvalue weighted by Crippen LogP contribution is -2.27. The molecule has 0 saturated carbocycles. The minimum atomic E-state index is -0.485. The van der Waals surface area contributed by atoms with Crippen molar-refractivity contribution in [1.82, 2.24) is 4.98 Å². The summed E-state index contributed by atoms with van der Waals surface area (Å²) < 4.78 is 11.0. The zero-order chi connectivity index (χ0) is 13.1. The topological polar surface area (TPSA) is 51.6 Å². The lowest BCUT2D eigenvalue weighted by atomic mass is 10.0. The van der Waals surface area contributed by atoms with Crippen molar-refractivity contribution in [2.45, 2.75) is 12.5 Å². The van der Waals surface area contributed by atoms with Crippen LogP contribution in [0.4, 0.5) is 0 Å². The zero-order valence-electron chi connectivity index (χ0n) is 10.7. The molecular formula is C15H17NO3. The molecule has 19 heavy (non-hydrogen) atoms. The highest BCUT2D eigenvalue weighted by atomic mass is 16.5. The summed E-state index contributed by atoms with van der Waals surface area (Å²) in [6.45, 7) is 1.64. The molecule has 1 aromatic carbocycles. The Kier molecular flexibility index (Phi) is 3.62. The first-order valence-electron chi connectivity index (χ1n) is 6.57. The van der Waals surface area contributed by atoms with Gasteiger partial charge < -0.3 is 14.6 Å². The van der Waals surface area contributed by atoms with Gasteiger partial charge in [-0.1, -0.05) is 18.2 Å². The molecule has 1 saturated heterocycles. The van der Waals surface area contributed by atoms with E-state index < -0.39 is 6.10 Å². The second kappa shape index (κ2) is 5.55. The third kappa shape index (κ3) is 2.69. The van der Waals surface area contributed by atoms with E-state index in [1.807, 2.05) is 30.3 Å². The standard InChI is InChI=1S/C15H17NO3/c17-13(12-6-8-18-9-12)10-19-14-5-1-3-11-4-2-7-16-15(11)14/h1-5,7,12-13,17H,6,8-10H2. The van der Waals surface area contributed by atoms with Gasteiger partial charge in [-0.05, 0) is 18.6 Å². The molecule has 1 fully saturated rings. The highest BCUT2D eigenvalue weighted by Crippen LogP contribution is 2.24. The Hall–Kier alpha value is -1.65. The molecule has 0 amide bonds. The number of benzene rings is 1. The van der Waals surface area contributed by atoms with Crippen LogP contribution >= 0.6 is 0 Å². The number of ether oxygens (including phenoxy) is 2. The Morgan fingerprint density at radius 3 is 3.11 bits per heavy atom. The number of pyridine rings is 1. The van der Waals surface area contributed by atoms with Crippen molar-refractivity contribution in [1.29, 1.82) is 0 Å². The van der Waals surface area contributed by atoms with Crippen molar-refractivity contribution in [3.63, 3.8) is 0 Å². The van der Waals surface area contributed by atoms with Crippen LogP contribution in [0.1, 0.15) is 6.42 Å². The third-order valence-corrected chi connectivity index (χ3v) is 3.51. The van der Waals surface area contributed by atoms with Crippen LogP contribution in [0.5, 0.6) is 5.75 Å². The molecule has 2 atom stereocenters. The Morgan fingerprint density at radius 1 is 1.37 bits per heavy atom. The first kappa shape index (κ1) is 12.4. The summed E-state index contributed by atoms with van der Waals surface area (Å²) >= 11 is 0. The molecule has 100 valence electrons. The van der Waals surface area contributed by atoms with Gasteiger partial charge in [-0.2, -0.15) is 0 Å². The van der Waals surface area contributed by atoms with E-state index in [0.29, 0.717) is 6.61 Å². The largest absolute Gasteiger partial charge is 0.489 e. The van der Waals surface area contributed by atoms with E-state index in [0.717, 1.165) is 29.7 Å². The van der Waals surface area contributed by atoms with E-state index in [4.69, 9.17) is 9.47 Å². The maximum absolute atomic E-state index is 10.1. The van der Waals surface area contributed by atoms with E-state index in [1.54, 1.807) is 6.20 Å². The van der Waals surface area contributed by atoms with Crippen molar-refractivity contribution in [2.24, 2.45) is 5.92 Å². The van der Waals surface area contributed by atoms with Crippen molar-refractivity contribution in [2.75, 3.05) is 19.8 Å². The van der Waals surface area contributed by atoms with Gasteiger partial charge in [-0.3, -0.25) is 4.98 Å². The monoisotopic (exact) mass is 259 g/mol. The predicted octanol–water partition coefficient (Wildman–Crippen LogP) is 2.01. The zero-order valence-corrected chi connectivity index (χ0v) is 10.7. The molecule has 0 bridgehead atoms. The van der Waals surface area contributed by atoms with Gasteiger partial charge in [0.1, 0.15) is 17.9 Å². The van der Waals surface area contributed by atoms with Gasteiger partial charge in [-0.15, -0.1) is 0 Å². The van der Waals surface area contributed by atoms with E-state index in [9.17, 15) is 5.11 Å². The molecule has 1 aliphatic heterocycles. The maximum atomic E-state index is 10.1. The van der Waals surface area contributed by atoms with Crippen LogP contribution in [-0.2, 0) is 4.74 Å². The number of rotatable bonds is 4. The minimum absolute atomic E-state index is 0.183. The summed E-state index contributed by atoms with van der Waals surface area (Å²) in [5, 5.41) is 11.1. The number of para-hydroxylation sites is 1. The normalized spacial score (nSPS) is 20.6. The third-order valence-electron chi connectivity index (χ3n) is 3.51. The first-order valence-corrected chi connectivity index (χ1v) is 6.57. The summed E-state index contributed by atoms with van der Waals surface area (Å²) in [6.07, 6.45) is 2.16. The lowest BCUT2D eigenvalue weighted by Gasteiger charge is -2.17. The number of hydrogen-bond donors (Lipinski definition) is 1. The molecule has 4 nitrogen and oxygen atoms in total. The number of nitrogens with zero attached hydrogens (tertiary/aromatic N) is 1. The van der Waals surface area contributed by atoms with Gasteiger partial charge in [-0.25, -0.2) is 0 Å². The fraction of sp³-hybridized carbons (Fsp3) is 0.400. The Bertz CT molecular complexity index is 547. The molecule has 0 aliphatic carbocycles. The molecule has 2 unspecified atom stereocenters. The summed E-state index contributed by atoms with van der Waals surface area (Å²) in [5.41, 5.74) is 0.833. The van der Waals surface area contributed by atoms with Gasteiger partial charge in [0.2, 0.25) is 0 Å². The van der Waals surface area contributed by atoms with Crippen molar-refractivity contribution < 1.29 is 14.6 Å². The molecule has 1 N–H and O–H groups in total. The van der Waals surface area contributed by atoms with E-state index >= 15 is 0 Å². The average Bonchev–Trinajstić information content (AvgIpc) is 2.99. The Morgan fingerprint density at radius 2 is 2.26 bits per heavy atom. The van der Waals surface area contributed by atoms with Gasteiger partial charge in [0.25, 0.3) is 0 Å². The van der Waals surface area contributed by atoms with Gasteiger partial charge in [0.05, 0.1) is 12.7 Å². The second-order valence-corrected chi connectivity index (χ2v) is 4.83. The predicted molar refractivity (Wildman–Crippen MR) is 72.2 cm³/mol. The minimum Gasteiger partial charge on any atom is -0.489 e. The van der Waals surface area contributed by atoms with E-state index in [2.05, 4.69) is 4.98 Å². The smallest absolute Gasteiger partial charge is 0.145 e. The van der Waals surface area contributed by atoms with Gasteiger partial charge in [0, 0.05) is 24.1 Å². The SMILES string of the molecule is OC(COc1cccc2cccnc12)C1CCOC1. The van der Waals surface area contributed by atoms with E-state index in [1.165, 1.54) is 0 Å². The Balaban J connectivity index is 1.71. The highest BCUT2D eigenvalue weighted by Gasteiger charge is 2.24.